The van der Waals surface area contributed by atoms with E-state index in [9.17, 15) is 17.6 Å². The molecule has 0 saturated heterocycles. The zero-order valence-electron chi connectivity index (χ0n) is 11.2. The van der Waals surface area contributed by atoms with Crippen molar-refractivity contribution in [3.05, 3.63) is 59.4 Å². The minimum atomic E-state index is -4.43. The zero-order valence-corrected chi connectivity index (χ0v) is 11.2. The summed E-state index contributed by atoms with van der Waals surface area (Å²) in [5, 5.41) is 2.97. The first-order chi connectivity index (χ1) is 9.77. The Labute approximate surface area is 119 Å². The predicted octanol–water partition coefficient (Wildman–Crippen LogP) is 4.60. The molecule has 1 unspecified atom stereocenters. The predicted molar refractivity (Wildman–Crippen MR) is 74.3 cm³/mol. The van der Waals surface area contributed by atoms with Gasteiger partial charge in [-0.25, -0.2) is 4.39 Å². The van der Waals surface area contributed by atoms with Gasteiger partial charge in [-0.15, -0.1) is 0 Å². The fraction of sp³-hybridized carbons (Fsp3) is 0.200. The minimum Gasteiger partial charge on any atom is -0.397 e. The number of nitrogens with two attached hydrogens (primary N) is 1. The third kappa shape index (κ3) is 3.65. The van der Waals surface area contributed by atoms with Gasteiger partial charge >= 0.3 is 6.18 Å². The van der Waals surface area contributed by atoms with Crippen LogP contribution in [0.2, 0.25) is 0 Å². The van der Waals surface area contributed by atoms with Gasteiger partial charge in [-0.05, 0) is 42.8 Å². The summed E-state index contributed by atoms with van der Waals surface area (Å²) in [7, 11) is 0. The summed E-state index contributed by atoms with van der Waals surface area (Å²) in [6.07, 6.45) is -4.43. The van der Waals surface area contributed by atoms with Gasteiger partial charge in [0.05, 0.1) is 16.9 Å². The van der Waals surface area contributed by atoms with Crippen LogP contribution in [0.25, 0.3) is 0 Å². The number of hydrogen-bond acceptors (Lipinski definition) is 2. The Morgan fingerprint density at radius 3 is 2.38 bits per heavy atom. The van der Waals surface area contributed by atoms with E-state index < -0.39 is 11.7 Å². The van der Waals surface area contributed by atoms with Crippen LogP contribution in [-0.4, -0.2) is 0 Å². The summed E-state index contributed by atoms with van der Waals surface area (Å²) in [4.78, 5) is 0. The largest absolute Gasteiger partial charge is 0.416 e. The molecule has 2 nitrogen and oxygen atoms in total. The Hall–Kier alpha value is -2.24. The van der Waals surface area contributed by atoms with Gasteiger partial charge in [0.1, 0.15) is 5.82 Å². The Balaban J connectivity index is 2.20. The second kappa shape index (κ2) is 5.63. The SMILES string of the molecule is CC(Nc1ccc(C(F)(F)F)cc1N)c1cccc(F)c1. The molecule has 0 bridgehead atoms. The Morgan fingerprint density at radius 1 is 1.10 bits per heavy atom. The van der Waals surface area contributed by atoms with Gasteiger partial charge in [0, 0.05) is 6.04 Å². The molecule has 0 heterocycles. The van der Waals surface area contributed by atoms with Crippen LogP contribution in [0.4, 0.5) is 28.9 Å². The first-order valence-electron chi connectivity index (χ1n) is 6.26. The molecule has 0 amide bonds. The molecule has 0 spiro atoms. The van der Waals surface area contributed by atoms with Gasteiger partial charge in [0.2, 0.25) is 0 Å². The van der Waals surface area contributed by atoms with E-state index in [0.29, 0.717) is 11.3 Å². The molecule has 112 valence electrons. The van der Waals surface area contributed by atoms with Crippen molar-refractivity contribution in [2.45, 2.75) is 19.1 Å². The van der Waals surface area contributed by atoms with Crippen molar-refractivity contribution in [1.82, 2.24) is 0 Å². The van der Waals surface area contributed by atoms with Crippen LogP contribution in [0.3, 0.4) is 0 Å². The smallest absolute Gasteiger partial charge is 0.397 e. The van der Waals surface area contributed by atoms with Crippen molar-refractivity contribution < 1.29 is 17.6 Å². The number of anilines is 2. The average molecular weight is 298 g/mol. The molecule has 2 aromatic rings. The molecule has 0 aliphatic rings. The van der Waals surface area contributed by atoms with E-state index in [4.69, 9.17) is 5.73 Å². The minimum absolute atomic E-state index is 0.00641. The van der Waals surface area contributed by atoms with E-state index in [1.165, 1.54) is 18.2 Å². The summed E-state index contributed by atoms with van der Waals surface area (Å²) in [6.45, 7) is 1.77. The highest BCUT2D eigenvalue weighted by atomic mass is 19.4. The van der Waals surface area contributed by atoms with Gasteiger partial charge in [-0.1, -0.05) is 12.1 Å². The molecule has 2 rings (SSSR count). The average Bonchev–Trinajstić information content (AvgIpc) is 2.39. The Kier molecular flexibility index (Phi) is 4.06. The van der Waals surface area contributed by atoms with Crippen molar-refractivity contribution in [1.29, 1.82) is 0 Å². The number of halogens is 4. The molecular weight excluding hydrogens is 284 g/mol. The molecule has 3 N–H and O–H groups in total. The fourth-order valence-corrected chi connectivity index (χ4v) is 1.96. The van der Waals surface area contributed by atoms with Crippen molar-refractivity contribution >= 4 is 11.4 Å². The molecule has 0 aromatic heterocycles. The van der Waals surface area contributed by atoms with Crippen molar-refractivity contribution in [3.8, 4) is 0 Å². The summed E-state index contributed by atoms with van der Waals surface area (Å²) in [6, 6.07) is 8.78. The third-order valence-electron chi connectivity index (χ3n) is 3.10. The second-order valence-electron chi connectivity index (χ2n) is 4.72. The van der Waals surface area contributed by atoms with Crippen molar-refractivity contribution in [2.24, 2.45) is 0 Å². The highest BCUT2D eigenvalue weighted by molar-refractivity contribution is 5.67. The highest BCUT2D eigenvalue weighted by Gasteiger charge is 2.30. The summed E-state index contributed by atoms with van der Waals surface area (Å²) in [5.41, 5.74) is 5.88. The summed E-state index contributed by atoms with van der Waals surface area (Å²) in [5.74, 6) is -0.374. The van der Waals surface area contributed by atoms with E-state index >= 15 is 0 Å². The van der Waals surface area contributed by atoms with Gasteiger partial charge in [-0.3, -0.25) is 0 Å². The standard InChI is InChI=1S/C15H14F4N2/c1-9(10-3-2-4-12(16)7-10)21-14-6-5-11(8-13(14)20)15(17,18)19/h2-9,21H,20H2,1H3. The maximum Gasteiger partial charge on any atom is 0.416 e. The molecule has 2 aromatic carbocycles. The molecule has 0 aliphatic carbocycles. The quantitative estimate of drug-likeness (QED) is 0.642. The van der Waals surface area contributed by atoms with Crippen LogP contribution in [0.1, 0.15) is 24.1 Å². The van der Waals surface area contributed by atoms with Crippen LogP contribution in [0.5, 0.6) is 0 Å². The number of benzene rings is 2. The molecule has 6 heteroatoms. The lowest BCUT2D eigenvalue weighted by atomic mass is 10.1. The maximum atomic E-state index is 13.2. The van der Waals surface area contributed by atoms with Crippen LogP contribution in [0, 0.1) is 5.82 Å². The fourth-order valence-electron chi connectivity index (χ4n) is 1.96. The van der Waals surface area contributed by atoms with E-state index in [2.05, 4.69) is 5.32 Å². The molecule has 0 saturated carbocycles. The summed E-state index contributed by atoms with van der Waals surface area (Å²) >= 11 is 0. The van der Waals surface area contributed by atoms with Crippen LogP contribution < -0.4 is 11.1 Å². The van der Waals surface area contributed by atoms with Gasteiger partial charge in [0.15, 0.2) is 0 Å². The number of nitrogen functional groups attached to an aromatic ring is 1. The van der Waals surface area contributed by atoms with Crippen molar-refractivity contribution in [2.75, 3.05) is 11.1 Å². The van der Waals surface area contributed by atoms with Gasteiger partial charge in [-0.2, -0.15) is 13.2 Å². The lowest BCUT2D eigenvalue weighted by Crippen LogP contribution is -2.10. The molecular formula is C15H14F4N2. The Morgan fingerprint density at radius 2 is 1.81 bits per heavy atom. The van der Waals surface area contributed by atoms with E-state index in [1.54, 1.807) is 19.1 Å². The molecule has 0 radical (unpaired) electrons. The monoisotopic (exact) mass is 298 g/mol. The van der Waals surface area contributed by atoms with E-state index in [-0.39, 0.29) is 17.5 Å². The normalized spacial score (nSPS) is 13.0. The molecule has 21 heavy (non-hydrogen) atoms. The number of hydrogen-bond donors (Lipinski definition) is 2. The first-order valence-corrected chi connectivity index (χ1v) is 6.26. The first kappa shape index (κ1) is 15.2. The maximum absolute atomic E-state index is 13.2. The lowest BCUT2D eigenvalue weighted by molar-refractivity contribution is -0.137. The highest BCUT2D eigenvalue weighted by Crippen LogP contribution is 2.33. The topological polar surface area (TPSA) is 38.0 Å². The Bertz CT molecular complexity index is 638. The second-order valence-corrected chi connectivity index (χ2v) is 4.72. The number of nitrogens with one attached hydrogen (secondary N) is 1. The van der Waals surface area contributed by atoms with Gasteiger partial charge < -0.3 is 11.1 Å². The van der Waals surface area contributed by atoms with E-state index in [1.807, 2.05) is 0 Å². The van der Waals surface area contributed by atoms with Crippen molar-refractivity contribution in [3.63, 3.8) is 0 Å². The van der Waals surface area contributed by atoms with Gasteiger partial charge in [0.25, 0.3) is 0 Å². The lowest BCUT2D eigenvalue weighted by Gasteiger charge is -2.18. The number of alkyl halides is 3. The molecule has 0 fully saturated rings. The molecule has 0 aliphatic heterocycles. The van der Waals surface area contributed by atoms with Crippen LogP contribution >= 0.6 is 0 Å². The van der Waals surface area contributed by atoms with E-state index in [0.717, 1.165) is 12.1 Å². The zero-order chi connectivity index (χ0) is 15.6. The van der Waals surface area contributed by atoms with Crippen LogP contribution in [-0.2, 0) is 6.18 Å². The third-order valence-corrected chi connectivity index (χ3v) is 3.10. The van der Waals surface area contributed by atoms with Crippen LogP contribution in [0.15, 0.2) is 42.5 Å². The molecule has 1 atom stereocenters. The number of rotatable bonds is 3. The summed E-state index contributed by atoms with van der Waals surface area (Å²) < 4.78 is 50.8.